The highest BCUT2D eigenvalue weighted by Crippen LogP contribution is 2.29. The smallest absolute Gasteiger partial charge is 0.326 e. The van der Waals surface area contributed by atoms with Crippen LogP contribution in [0.2, 0.25) is 0 Å². The highest BCUT2D eigenvalue weighted by molar-refractivity contribution is 5.82. The highest BCUT2D eigenvalue weighted by Gasteiger charge is 2.21. The van der Waals surface area contributed by atoms with E-state index < -0.39 is 12.0 Å². The van der Waals surface area contributed by atoms with Crippen LogP contribution in [-0.4, -0.2) is 29.6 Å². The van der Waals surface area contributed by atoms with Crippen LogP contribution in [0.4, 0.5) is 0 Å². The summed E-state index contributed by atoms with van der Waals surface area (Å²) in [5.74, 6) is 0.152. The third kappa shape index (κ3) is 6.45. The maximum atomic E-state index is 11.4. The number of carbonyl (C=O) groups is 2. The van der Waals surface area contributed by atoms with Crippen LogP contribution >= 0.6 is 0 Å². The highest BCUT2D eigenvalue weighted by atomic mass is 16.4. The molecule has 0 saturated heterocycles. The van der Waals surface area contributed by atoms with Crippen LogP contribution in [-0.2, 0) is 22.6 Å². The molecule has 1 fully saturated rings. The average molecular weight is 360 g/mol. The fourth-order valence-electron chi connectivity index (χ4n) is 3.90. The number of carboxylic acid groups (broad SMARTS) is 1. The van der Waals surface area contributed by atoms with E-state index >= 15 is 0 Å². The Hall–Kier alpha value is -1.88. The van der Waals surface area contributed by atoms with Crippen molar-refractivity contribution < 1.29 is 14.7 Å². The van der Waals surface area contributed by atoms with Crippen molar-refractivity contribution >= 4 is 11.9 Å². The molecule has 1 aliphatic carbocycles. The molecule has 0 radical (unpaired) electrons. The molecule has 1 aliphatic rings. The van der Waals surface area contributed by atoms with Crippen LogP contribution in [0.5, 0.6) is 0 Å². The molecule has 26 heavy (non-hydrogen) atoms. The zero-order valence-corrected chi connectivity index (χ0v) is 16.0. The van der Waals surface area contributed by atoms with Crippen LogP contribution in [0.1, 0.15) is 57.1 Å². The molecule has 1 saturated carbocycles. The van der Waals surface area contributed by atoms with Gasteiger partial charge in [-0.05, 0) is 29.5 Å². The molecule has 0 heterocycles. The third-order valence-corrected chi connectivity index (χ3v) is 5.45. The van der Waals surface area contributed by atoms with E-state index in [2.05, 4.69) is 17.6 Å². The van der Waals surface area contributed by atoms with Crippen molar-refractivity contribution in [3.63, 3.8) is 0 Å². The molecule has 2 atom stereocenters. The summed E-state index contributed by atoms with van der Waals surface area (Å²) >= 11 is 0. The lowest BCUT2D eigenvalue weighted by molar-refractivity contribution is -0.141. The lowest BCUT2D eigenvalue weighted by atomic mass is 9.81. The number of carbonyl (C=O) groups excluding carboxylic acids is 1. The molecule has 0 spiro atoms. The van der Waals surface area contributed by atoms with Crippen LogP contribution in [0.3, 0.4) is 0 Å². The van der Waals surface area contributed by atoms with Gasteiger partial charge in [0.1, 0.15) is 6.04 Å². The molecule has 0 bridgehead atoms. The Morgan fingerprint density at radius 3 is 2.42 bits per heavy atom. The number of amides is 1. The first-order valence-corrected chi connectivity index (χ1v) is 9.74. The van der Waals surface area contributed by atoms with Crippen LogP contribution in [0.25, 0.3) is 0 Å². The Morgan fingerprint density at radius 1 is 1.15 bits per heavy atom. The van der Waals surface area contributed by atoms with Gasteiger partial charge in [-0.1, -0.05) is 63.3 Å². The third-order valence-electron chi connectivity index (χ3n) is 5.45. The summed E-state index contributed by atoms with van der Waals surface area (Å²) < 4.78 is 0. The summed E-state index contributed by atoms with van der Waals surface area (Å²) in [5, 5.41) is 15.4. The van der Waals surface area contributed by atoms with Gasteiger partial charge in [-0.3, -0.25) is 4.79 Å². The van der Waals surface area contributed by atoms with E-state index in [0.717, 1.165) is 30.1 Å². The number of aliphatic carboxylic acids is 1. The van der Waals surface area contributed by atoms with Gasteiger partial charge in [0.2, 0.25) is 5.91 Å². The quantitative estimate of drug-likeness (QED) is 0.632. The Bertz CT molecular complexity index is 597. The van der Waals surface area contributed by atoms with Crippen molar-refractivity contribution in [3.8, 4) is 0 Å². The number of rotatable bonds is 9. The molecular formula is C21H32N2O3. The van der Waals surface area contributed by atoms with Crippen molar-refractivity contribution in [3.05, 3.63) is 35.4 Å². The van der Waals surface area contributed by atoms with E-state index in [1.807, 2.05) is 24.3 Å². The van der Waals surface area contributed by atoms with E-state index in [0.29, 0.717) is 12.3 Å². The lowest BCUT2D eigenvalue weighted by Gasteiger charge is -2.28. The van der Waals surface area contributed by atoms with E-state index in [4.69, 9.17) is 0 Å². The normalized spacial score (nSPS) is 17.5. The summed E-state index contributed by atoms with van der Waals surface area (Å²) in [6, 6.07) is 6.96. The maximum absolute atomic E-state index is 11.4. The number of hydrogen-bond acceptors (Lipinski definition) is 3. The standard InChI is InChI=1S/C21H32N2O3/c1-15(17-8-4-3-5-9-17)13-22-14-19-11-7-6-10-18(19)12-20(21(25)26)23-16(2)24/h6-7,10-11,15,17,20,22H,3-5,8-9,12-14H2,1-2H3,(H,23,24)(H,25,26)/t15?,20-/m0/s1. The lowest BCUT2D eigenvalue weighted by Crippen LogP contribution is -2.41. The van der Waals surface area contributed by atoms with Gasteiger partial charge in [0.05, 0.1) is 0 Å². The molecule has 1 aromatic carbocycles. The molecule has 5 nitrogen and oxygen atoms in total. The number of benzene rings is 1. The number of carboxylic acids is 1. The summed E-state index contributed by atoms with van der Waals surface area (Å²) in [6.07, 6.45) is 7.08. The van der Waals surface area contributed by atoms with Crippen molar-refractivity contribution in [2.24, 2.45) is 11.8 Å². The largest absolute Gasteiger partial charge is 0.480 e. The molecule has 3 N–H and O–H groups in total. The van der Waals surface area contributed by atoms with E-state index in [1.54, 1.807) is 0 Å². The molecule has 2 rings (SSSR count). The van der Waals surface area contributed by atoms with Gasteiger partial charge in [-0.15, -0.1) is 0 Å². The van der Waals surface area contributed by atoms with Gasteiger partial charge in [0.15, 0.2) is 0 Å². The molecule has 1 amide bonds. The number of hydrogen-bond donors (Lipinski definition) is 3. The molecule has 144 valence electrons. The molecule has 1 unspecified atom stereocenters. The van der Waals surface area contributed by atoms with Crippen LogP contribution in [0.15, 0.2) is 24.3 Å². The summed E-state index contributed by atoms with van der Waals surface area (Å²) in [6.45, 7) is 5.37. The Kier molecular flexibility index (Phi) is 8.10. The van der Waals surface area contributed by atoms with Gasteiger partial charge < -0.3 is 15.7 Å². The topological polar surface area (TPSA) is 78.4 Å². The van der Waals surface area contributed by atoms with Crippen LogP contribution < -0.4 is 10.6 Å². The van der Waals surface area contributed by atoms with Gasteiger partial charge in [-0.25, -0.2) is 4.79 Å². The van der Waals surface area contributed by atoms with Gasteiger partial charge >= 0.3 is 5.97 Å². The van der Waals surface area contributed by atoms with E-state index in [1.165, 1.54) is 39.0 Å². The van der Waals surface area contributed by atoms with E-state index in [-0.39, 0.29) is 5.91 Å². The fraction of sp³-hybridized carbons (Fsp3) is 0.619. The molecule has 0 aromatic heterocycles. The zero-order chi connectivity index (χ0) is 18.9. The second-order valence-electron chi connectivity index (χ2n) is 7.57. The monoisotopic (exact) mass is 360 g/mol. The van der Waals surface area contributed by atoms with Crippen molar-refractivity contribution in [1.82, 2.24) is 10.6 Å². The first-order valence-electron chi connectivity index (χ1n) is 9.74. The summed E-state index contributed by atoms with van der Waals surface area (Å²) in [5.41, 5.74) is 2.06. The predicted molar refractivity (Wildman–Crippen MR) is 103 cm³/mol. The van der Waals surface area contributed by atoms with Gasteiger partial charge in [-0.2, -0.15) is 0 Å². The average Bonchev–Trinajstić information content (AvgIpc) is 2.62. The van der Waals surface area contributed by atoms with Crippen molar-refractivity contribution in [2.75, 3.05) is 6.54 Å². The first-order chi connectivity index (χ1) is 12.5. The Labute approximate surface area is 156 Å². The Morgan fingerprint density at radius 2 is 1.81 bits per heavy atom. The minimum atomic E-state index is -1.01. The Balaban J connectivity index is 1.91. The van der Waals surface area contributed by atoms with E-state index in [9.17, 15) is 14.7 Å². The molecule has 1 aromatic rings. The summed E-state index contributed by atoms with van der Waals surface area (Å²) in [7, 11) is 0. The minimum absolute atomic E-state index is 0.297. The number of nitrogens with one attached hydrogen (secondary N) is 2. The molecular weight excluding hydrogens is 328 g/mol. The molecule has 0 aliphatic heterocycles. The minimum Gasteiger partial charge on any atom is -0.480 e. The fourth-order valence-corrected chi connectivity index (χ4v) is 3.90. The van der Waals surface area contributed by atoms with Crippen molar-refractivity contribution in [2.45, 2.75) is 65.0 Å². The second kappa shape index (κ2) is 10.3. The van der Waals surface area contributed by atoms with Crippen molar-refractivity contribution in [1.29, 1.82) is 0 Å². The van der Waals surface area contributed by atoms with Gasteiger partial charge in [0.25, 0.3) is 0 Å². The second-order valence-corrected chi connectivity index (χ2v) is 7.57. The van der Waals surface area contributed by atoms with Gasteiger partial charge in [0, 0.05) is 19.9 Å². The maximum Gasteiger partial charge on any atom is 0.326 e. The summed E-state index contributed by atoms with van der Waals surface area (Å²) in [4.78, 5) is 22.6. The zero-order valence-electron chi connectivity index (χ0n) is 16.0. The SMILES string of the molecule is CC(=O)N[C@@H](Cc1ccccc1CNCC(C)C1CCCCC1)C(=O)O. The van der Waals surface area contributed by atoms with Crippen LogP contribution in [0, 0.1) is 11.8 Å². The molecule has 5 heteroatoms. The first kappa shape index (κ1) is 20.4. The predicted octanol–water partition coefficient (Wildman–Crippen LogP) is 3.12.